The van der Waals surface area contributed by atoms with Crippen molar-refractivity contribution in [1.82, 2.24) is 10.3 Å². The number of aromatic nitrogens is 1. The van der Waals surface area contributed by atoms with E-state index in [4.69, 9.17) is 0 Å². The van der Waals surface area contributed by atoms with E-state index in [0.29, 0.717) is 18.2 Å². The minimum Gasteiger partial charge on any atom is -0.312 e. The molecule has 0 radical (unpaired) electrons. The predicted octanol–water partition coefficient (Wildman–Crippen LogP) is 5.92. The molecule has 3 aromatic rings. The second-order valence-electron chi connectivity index (χ2n) is 8.63. The van der Waals surface area contributed by atoms with E-state index in [0.717, 1.165) is 28.6 Å². The highest BCUT2D eigenvalue weighted by Gasteiger charge is 2.20. The first-order chi connectivity index (χ1) is 15.5. The molecule has 2 heterocycles. The van der Waals surface area contributed by atoms with Crippen molar-refractivity contribution >= 4 is 27.0 Å². The zero-order valence-electron chi connectivity index (χ0n) is 18.5. The van der Waals surface area contributed by atoms with Crippen LogP contribution in [0.2, 0.25) is 0 Å². The molecule has 1 aliphatic rings. The zero-order chi connectivity index (χ0) is 22.4. The fourth-order valence-electron chi connectivity index (χ4n) is 4.39. The van der Waals surface area contributed by atoms with Gasteiger partial charge in [-0.15, -0.1) is 11.3 Å². The number of rotatable bonds is 9. The largest absolute Gasteiger partial charge is 0.312 e. The SMILES string of the molecule is CC(CNCc1ccccc1NS(=O)(=O)c1ccc(-c2cccs2)nc1)C1CCCCC1. The Morgan fingerprint density at radius 2 is 1.88 bits per heavy atom. The van der Waals surface area contributed by atoms with E-state index in [1.807, 2.05) is 41.8 Å². The number of pyridine rings is 1. The fourth-order valence-corrected chi connectivity index (χ4v) is 6.14. The number of hydrogen-bond acceptors (Lipinski definition) is 5. The van der Waals surface area contributed by atoms with Gasteiger partial charge in [-0.1, -0.05) is 63.3 Å². The van der Waals surface area contributed by atoms with E-state index in [9.17, 15) is 8.42 Å². The van der Waals surface area contributed by atoms with Gasteiger partial charge in [-0.05, 0) is 53.6 Å². The first kappa shape index (κ1) is 23.0. The van der Waals surface area contributed by atoms with Crippen molar-refractivity contribution in [3.63, 3.8) is 0 Å². The normalized spacial score (nSPS) is 16.0. The molecule has 1 aromatic carbocycles. The summed E-state index contributed by atoms with van der Waals surface area (Å²) in [4.78, 5) is 5.52. The number of benzene rings is 1. The van der Waals surface area contributed by atoms with Gasteiger partial charge in [0.1, 0.15) is 4.90 Å². The van der Waals surface area contributed by atoms with Gasteiger partial charge < -0.3 is 5.32 Å². The molecule has 4 rings (SSSR count). The van der Waals surface area contributed by atoms with Crippen LogP contribution in [-0.4, -0.2) is 19.9 Å². The van der Waals surface area contributed by atoms with Crippen LogP contribution in [-0.2, 0) is 16.6 Å². The molecule has 170 valence electrons. The van der Waals surface area contributed by atoms with Crippen molar-refractivity contribution < 1.29 is 8.42 Å². The van der Waals surface area contributed by atoms with Crippen LogP contribution < -0.4 is 10.0 Å². The third-order valence-electron chi connectivity index (χ3n) is 6.32. The summed E-state index contributed by atoms with van der Waals surface area (Å²) in [7, 11) is -3.72. The van der Waals surface area contributed by atoms with Crippen LogP contribution >= 0.6 is 11.3 Å². The summed E-state index contributed by atoms with van der Waals surface area (Å²) in [6.07, 6.45) is 8.16. The molecule has 1 aliphatic carbocycles. The van der Waals surface area contributed by atoms with Crippen LogP contribution in [0.1, 0.15) is 44.6 Å². The Morgan fingerprint density at radius 3 is 2.59 bits per heavy atom. The maximum absolute atomic E-state index is 13.0. The van der Waals surface area contributed by atoms with Gasteiger partial charge in [-0.25, -0.2) is 8.42 Å². The Hall–Kier alpha value is -2.22. The molecule has 0 aliphatic heterocycles. The standard InChI is InChI=1S/C25H31N3O2S2/c1-19(20-8-3-2-4-9-20)16-26-17-21-10-5-6-11-23(21)28-32(29,30)22-13-14-24(27-18-22)25-12-7-15-31-25/h5-7,10-15,18-20,26,28H,2-4,8-9,16-17H2,1H3. The van der Waals surface area contributed by atoms with Crippen LogP contribution in [0.3, 0.4) is 0 Å². The van der Waals surface area contributed by atoms with E-state index in [1.54, 1.807) is 23.5 Å². The highest BCUT2D eigenvalue weighted by molar-refractivity contribution is 7.92. The number of anilines is 1. The van der Waals surface area contributed by atoms with Gasteiger partial charge in [0.05, 0.1) is 16.3 Å². The number of sulfonamides is 1. The molecule has 1 atom stereocenters. The average Bonchev–Trinajstić information content (AvgIpc) is 3.36. The van der Waals surface area contributed by atoms with Crippen molar-refractivity contribution in [1.29, 1.82) is 0 Å². The third kappa shape index (κ3) is 5.77. The summed E-state index contributed by atoms with van der Waals surface area (Å²) in [5.74, 6) is 1.43. The van der Waals surface area contributed by atoms with E-state index < -0.39 is 10.0 Å². The molecule has 1 saturated carbocycles. The summed E-state index contributed by atoms with van der Waals surface area (Å²) < 4.78 is 28.7. The Morgan fingerprint density at radius 1 is 1.06 bits per heavy atom. The van der Waals surface area contributed by atoms with E-state index in [1.165, 1.54) is 38.3 Å². The molecule has 5 nitrogen and oxygen atoms in total. The number of thiophene rings is 1. The second kappa shape index (κ2) is 10.6. The molecular weight excluding hydrogens is 438 g/mol. The molecule has 7 heteroatoms. The third-order valence-corrected chi connectivity index (χ3v) is 8.56. The Balaban J connectivity index is 1.39. The van der Waals surface area contributed by atoms with Gasteiger partial charge in [0.2, 0.25) is 0 Å². The smallest absolute Gasteiger partial charge is 0.263 e. The summed E-state index contributed by atoms with van der Waals surface area (Å²) >= 11 is 1.58. The second-order valence-corrected chi connectivity index (χ2v) is 11.3. The summed E-state index contributed by atoms with van der Waals surface area (Å²) in [5.41, 5.74) is 2.32. The van der Waals surface area contributed by atoms with Crippen molar-refractivity contribution in [3.8, 4) is 10.6 Å². The van der Waals surface area contributed by atoms with E-state index >= 15 is 0 Å². The van der Waals surface area contributed by atoms with Gasteiger partial charge in [0.25, 0.3) is 10.0 Å². The molecule has 0 amide bonds. The molecule has 32 heavy (non-hydrogen) atoms. The topological polar surface area (TPSA) is 71.1 Å². The minimum atomic E-state index is -3.72. The highest BCUT2D eigenvalue weighted by Crippen LogP contribution is 2.30. The monoisotopic (exact) mass is 469 g/mol. The summed E-state index contributed by atoms with van der Waals surface area (Å²) in [5, 5.41) is 5.52. The molecular formula is C25H31N3O2S2. The number of para-hydroxylation sites is 1. The lowest BCUT2D eigenvalue weighted by Crippen LogP contribution is -2.27. The quantitative estimate of drug-likeness (QED) is 0.408. The molecule has 0 spiro atoms. The Labute approximate surface area is 195 Å². The van der Waals surface area contributed by atoms with Crippen molar-refractivity contribution in [2.24, 2.45) is 11.8 Å². The van der Waals surface area contributed by atoms with Gasteiger partial charge in [0, 0.05) is 12.7 Å². The van der Waals surface area contributed by atoms with Crippen LogP contribution in [0.4, 0.5) is 5.69 Å². The van der Waals surface area contributed by atoms with Crippen molar-refractivity contribution in [3.05, 3.63) is 65.7 Å². The first-order valence-corrected chi connectivity index (χ1v) is 13.7. The van der Waals surface area contributed by atoms with Gasteiger partial charge >= 0.3 is 0 Å². The zero-order valence-corrected chi connectivity index (χ0v) is 20.1. The first-order valence-electron chi connectivity index (χ1n) is 11.3. The molecule has 1 unspecified atom stereocenters. The van der Waals surface area contributed by atoms with Crippen LogP contribution in [0.15, 0.2) is 65.0 Å². The Kier molecular flexibility index (Phi) is 7.60. The summed E-state index contributed by atoms with van der Waals surface area (Å²) in [6.45, 7) is 3.90. The van der Waals surface area contributed by atoms with Crippen LogP contribution in [0.25, 0.3) is 10.6 Å². The molecule has 2 aromatic heterocycles. The molecule has 0 saturated heterocycles. The fraction of sp³-hybridized carbons (Fsp3) is 0.400. The average molecular weight is 470 g/mol. The lowest BCUT2D eigenvalue weighted by atomic mass is 9.81. The van der Waals surface area contributed by atoms with Gasteiger partial charge in [0.15, 0.2) is 0 Å². The van der Waals surface area contributed by atoms with Crippen molar-refractivity contribution in [2.75, 3.05) is 11.3 Å². The lowest BCUT2D eigenvalue weighted by molar-refractivity contribution is 0.256. The number of hydrogen-bond donors (Lipinski definition) is 2. The number of nitrogens with one attached hydrogen (secondary N) is 2. The molecule has 2 N–H and O–H groups in total. The maximum atomic E-state index is 13.0. The van der Waals surface area contributed by atoms with Crippen LogP contribution in [0, 0.1) is 11.8 Å². The van der Waals surface area contributed by atoms with Crippen molar-refractivity contribution in [2.45, 2.75) is 50.5 Å². The number of nitrogens with zero attached hydrogens (tertiary/aromatic N) is 1. The molecule has 1 fully saturated rings. The van der Waals surface area contributed by atoms with E-state index in [2.05, 4.69) is 21.9 Å². The van der Waals surface area contributed by atoms with Gasteiger partial charge in [-0.2, -0.15) is 0 Å². The highest BCUT2D eigenvalue weighted by atomic mass is 32.2. The Bertz CT molecular complexity index is 1090. The molecule has 0 bridgehead atoms. The van der Waals surface area contributed by atoms with Crippen LogP contribution in [0.5, 0.6) is 0 Å². The summed E-state index contributed by atoms with van der Waals surface area (Å²) in [6, 6.07) is 14.9. The van der Waals surface area contributed by atoms with Gasteiger partial charge in [-0.3, -0.25) is 9.71 Å². The van der Waals surface area contributed by atoms with E-state index in [-0.39, 0.29) is 4.90 Å². The maximum Gasteiger partial charge on any atom is 0.263 e. The minimum absolute atomic E-state index is 0.159. The predicted molar refractivity (Wildman–Crippen MR) is 132 cm³/mol. The lowest BCUT2D eigenvalue weighted by Gasteiger charge is -2.28.